The van der Waals surface area contributed by atoms with Gasteiger partial charge >= 0.3 is 0 Å². The first-order valence-corrected chi connectivity index (χ1v) is 7.41. The number of nitrogens with zero attached hydrogens (tertiary/aromatic N) is 2. The molecule has 1 aromatic rings. The van der Waals surface area contributed by atoms with E-state index in [0.29, 0.717) is 23.7 Å². The van der Waals surface area contributed by atoms with E-state index in [0.717, 1.165) is 19.5 Å². The number of rotatable bonds is 4. The Hall–Kier alpha value is -1.90. The number of likely N-dealkylation sites (N-methyl/N-ethyl adjacent to an activating group) is 1. The lowest BCUT2D eigenvalue weighted by atomic mass is 10.1. The molecule has 1 aliphatic heterocycles. The monoisotopic (exact) mass is 286 g/mol. The number of amides is 1. The average molecular weight is 286 g/mol. The van der Waals surface area contributed by atoms with Gasteiger partial charge in [-0.05, 0) is 32.0 Å². The summed E-state index contributed by atoms with van der Waals surface area (Å²) >= 11 is 0. The second-order valence-electron chi connectivity index (χ2n) is 5.06. The van der Waals surface area contributed by atoms with Crippen LogP contribution in [0.4, 0.5) is 0 Å². The van der Waals surface area contributed by atoms with Gasteiger partial charge in [0.15, 0.2) is 0 Å². The third-order valence-corrected chi connectivity index (χ3v) is 3.79. The minimum absolute atomic E-state index is 0.0957. The Bertz CT molecular complexity index is 547. The molecule has 2 rings (SSSR count). The molecule has 1 atom stereocenters. The maximum absolute atomic E-state index is 12.3. The highest BCUT2D eigenvalue weighted by Crippen LogP contribution is 2.15. The Balaban J connectivity index is 2.00. The van der Waals surface area contributed by atoms with Crippen molar-refractivity contribution in [1.82, 2.24) is 15.2 Å². The predicted molar refractivity (Wildman–Crippen MR) is 82.8 cm³/mol. The molecule has 1 amide bonds. The summed E-state index contributed by atoms with van der Waals surface area (Å²) in [5.74, 6) is 5.56. The molecule has 0 saturated carbocycles. The normalized spacial score (nSPS) is 18.1. The zero-order valence-corrected chi connectivity index (χ0v) is 12.4. The first kappa shape index (κ1) is 15.5. The predicted octanol–water partition coefficient (Wildman–Crippen LogP) is 0.606. The average Bonchev–Trinajstić information content (AvgIpc) is 2.98. The second kappa shape index (κ2) is 7.77. The highest BCUT2D eigenvalue weighted by molar-refractivity contribution is 5.96. The van der Waals surface area contributed by atoms with E-state index in [4.69, 9.17) is 5.73 Å². The van der Waals surface area contributed by atoms with Gasteiger partial charge in [0.1, 0.15) is 0 Å². The fourth-order valence-corrected chi connectivity index (χ4v) is 2.69. The van der Waals surface area contributed by atoms with E-state index in [-0.39, 0.29) is 12.5 Å². The molecule has 0 bridgehead atoms. The number of nitrogens with one attached hydrogen (secondary N) is 1. The Kier molecular flexibility index (Phi) is 5.73. The molecule has 2 heterocycles. The fraction of sp³-hybridized carbons (Fsp3) is 0.500. The number of nitrogens with two attached hydrogens (primary N) is 1. The summed E-state index contributed by atoms with van der Waals surface area (Å²) in [5.41, 5.74) is 6.56. The number of likely N-dealkylation sites (tertiary alicyclic amines) is 1. The SMILES string of the molecule is CCN1CCCC1CNC(=O)c1ccncc1C#CCN. The first-order valence-electron chi connectivity index (χ1n) is 7.41. The molecule has 21 heavy (non-hydrogen) atoms. The molecule has 1 fully saturated rings. The molecule has 1 aromatic heterocycles. The Morgan fingerprint density at radius 2 is 2.48 bits per heavy atom. The number of carbonyl (C=O) groups excluding carboxylic acids is 1. The fourth-order valence-electron chi connectivity index (χ4n) is 2.69. The van der Waals surface area contributed by atoms with Gasteiger partial charge in [-0.25, -0.2) is 0 Å². The van der Waals surface area contributed by atoms with Gasteiger partial charge in [0, 0.05) is 25.0 Å². The van der Waals surface area contributed by atoms with Crippen LogP contribution in [0, 0.1) is 11.8 Å². The summed E-state index contributed by atoms with van der Waals surface area (Å²) in [6, 6.07) is 2.14. The minimum atomic E-state index is -0.0957. The van der Waals surface area contributed by atoms with Crippen molar-refractivity contribution in [3.05, 3.63) is 29.6 Å². The molecule has 0 radical (unpaired) electrons. The van der Waals surface area contributed by atoms with E-state index in [9.17, 15) is 4.79 Å². The van der Waals surface area contributed by atoms with Crippen LogP contribution in [0.5, 0.6) is 0 Å². The molecule has 1 unspecified atom stereocenters. The summed E-state index contributed by atoms with van der Waals surface area (Å²) in [4.78, 5) is 18.7. The number of pyridine rings is 1. The smallest absolute Gasteiger partial charge is 0.252 e. The molecule has 0 aliphatic carbocycles. The highest BCUT2D eigenvalue weighted by Gasteiger charge is 2.23. The molecular formula is C16H22N4O. The molecule has 1 saturated heterocycles. The van der Waals surface area contributed by atoms with Crippen molar-refractivity contribution in [2.75, 3.05) is 26.2 Å². The molecular weight excluding hydrogens is 264 g/mol. The number of carbonyl (C=O) groups is 1. The van der Waals surface area contributed by atoms with Crippen molar-refractivity contribution in [2.45, 2.75) is 25.8 Å². The van der Waals surface area contributed by atoms with Crippen LogP contribution in [-0.4, -0.2) is 48.0 Å². The van der Waals surface area contributed by atoms with Gasteiger partial charge in [-0.3, -0.25) is 14.7 Å². The summed E-state index contributed by atoms with van der Waals surface area (Å²) in [5, 5.41) is 3.01. The Labute approximate surface area is 125 Å². The zero-order valence-electron chi connectivity index (χ0n) is 12.4. The van der Waals surface area contributed by atoms with Crippen molar-refractivity contribution >= 4 is 5.91 Å². The third-order valence-electron chi connectivity index (χ3n) is 3.79. The van der Waals surface area contributed by atoms with E-state index in [1.165, 1.54) is 6.42 Å². The van der Waals surface area contributed by atoms with Gasteiger partial charge in [-0.2, -0.15) is 0 Å². The van der Waals surface area contributed by atoms with Gasteiger partial charge in [-0.15, -0.1) is 0 Å². The lowest BCUT2D eigenvalue weighted by Crippen LogP contribution is -2.40. The number of aromatic nitrogens is 1. The van der Waals surface area contributed by atoms with Crippen molar-refractivity contribution in [3.63, 3.8) is 0 Å². The molecule has 5 heteroatoms. The van der Waals surface area contributed by atoms with Crippen LogP contribution in [0.2, 0.25) is 0 Å². The summed E-state index contributed by atoms with van der Waals surface area (Å²) in [7, 11) is 0. The van der Waals surface area contributed by atoms with Gasteiger partial charge in [0.2, 0.25) is 0 Å². The summed E-state index contributed by atoms with van der Waals surface area (Å²) in [6.45, 7) is 5.26. The lowest BCUT2D eigenvalue weighted by molar-refractivity contribution is 0.0941. The van der Waals surface area contributed by atoms with Gasteiger partial charge in [0.05, 0.1) is 17.7 Å². The summed E-state index contributed by atoms with van der Waals surface area (Å²) < 4.78 is 0. The van der Waals surface area contributed by atoms with Crippen LogP contribution in [0.15, 0.2) is 18.5 Å². The van der Waals surface area contributed by atoms with E-state index < -0.39 is 0 Å². The number of hydrogen-bond donors (Lipinski definition) is 2. The molecule has 5 nitrogen and oxygen atoms in total. The standard InChI is InChI=1S/C16H22N4O/c1-2-20-10-4-6-14(20)12-19-16(21)15-7-9-18-11-13(15)5-3-8-17/h7,9,11,14H,2,4,6,8,10,12,17H2,1H3,(H,19,21). The van der Waals surface area contributed by atoms with Crippen LogP contribution in [0.1, 0.15) is 35.7 Å². The Morgan fingerprint density at radius 1 is 1.62 bits per heavy atom. The quantitative estimate of drug-likeness (QED) is 0.795. The van der Waals surface area contributed by atoms with E-state index >= 15 is 0 Å². The van der Waals surface area contributed by atoms with E-state index in [1.54, 1.807) is 18.5 Å². The van der Waals surface area contributed by atoms with Crippen LogP contribution in [0.25, 0.3) is 0 Å². The zero-order chi connectivity index (χ0) is 15.1. The van der Waals surface area contributed by atoms with E-state index in [2.05, 4.69) is 34.0 Å². The van der Waals surface area contributed by atoms with Crippen LogP contribution < -0.4 is 11.1 Å². The highest BCUT2D eigenvalue weighted by atomic mass is 16.1. The first-order chi connectivity index (χ1) is 10.3. The molecule has 0 aromatic carbocycles. The maximum atomic E-state index is 12.3. The van der Waals surface area contributed by atoms with Crippen LogP contribution in [-0.2, 0) is 0 Å². The van der Waals surface area contributed by atoms with Crippen molar-refractivity contribution in [1.29, 1.82) is 0 Å². The molecule has 0 spiro atoms. The topological polar surface area (TPSA) is 71.2 Å². The van der Waals surface area contributed by atoms with Crippen LogP contribution >= 0.6 is 0 Å². The summed E-state index contributed by atoms with van der Waals surface area (Å²) in [6.07, 6.45) is 5.56. The van der Waals surface area contributed by atoms with Gasteiger partial charge < -0.3 is 11.1 Å². The van der Waals surface area contributed by atoms with Crippen molar-refractivity contribution in [3.8, 4) is 11.8 Å². The number of hydrogen-bond acceptors (Lipinski definition) is 4. The minimum Gasteiger partial charge on any atom is -0.350 e. The maximum Gasteiger partial charge on any atom is 0.252 e. The third kappa shape index (κ3) is 4.03. The van der Waals surface area contributed by atoms with Gasteiger partial charge in [0.25, 0.3) is 5.91 Å². The largest absolute Gasteiger partial charge is 0.350 e. The molecule has 3 N–H and O–H groups in total. The second-order valence-corrected chi connectivity index (χ2v) is 5.06. The van der Waals surface area contributed by atoms with E-state index in [1.807, 2.05) is 0 Å². The van der Waals surface area contributed by atoms with Crippen LogP contribution in [0.3, 0.4) is 0 Å². The lowest BCUT2D eigenvalue weighted by Gasteiger charge is -2.22. The van der Waals surface area contributed by atoms with Crippen molar-refractivity contribution < 1.29 is 4.79 Å². The van der Waals surface area contributed by atoms with Gasteiger partial charge in [-0.1, -0.05) is 18.8 Å². The van der Waals surface area contributed by atoms with Crippen molar-refractivity contribution in [2.24, 2.45) is 5.73 Å². The molecule has 112 valence electrons. The Morgan fingerprint density at radius 3 is 3.24 bits per heavy atom. The molecule has 1 aliphatic rings.